The molecule has 0 bridgehead atoms. The molecule has 5 nitrogen and oxygen atoms in total. The van der Waals surface area contributed by atoms with E-state index in [-0.39, 0.29) is 11.6 Å². The highest BCUT2D eigenvalue weighted by molar-refractivity contribution is 7.99. The van der Waals surface area contributed by atoms with Gasteiger partial charge in [-0.3, -0.25) is 0 Å². The highest BCUT2D eigenvalue weighted by Crippen LogP contribution is 2.17. The van der Waals surface area contributed by atoms with E-state index in [4.69, 9.17) is 5.11 Å². The molecular formula is C12H19N3O2S. The van der Waals surface area contributed by atoms with Crippen LogP contribution in [0.5, 0.6) is 0 Å². The fraction of sp³-hybridized carbons (Fsp3) is 0.583. The lowest BCUT2D eigenvalue weighted by atomic mass is 10.2. The maximum absolute atomic E-state index is 11.2. The number of hydrogen-bond acceptors (Lipinski definition) is 5. The molecule has 0 radical (unpaired) electrons. The average Bonchev–Trinajstić information content (AvgIpc) is 2.35. The van der Waals surface area contributed by atoms with E-state index in [1.165, 1.54) is 0 Å². The third kappa shape index (κ3) is 3.87. The van der Waals surface area contributed by atoms with E-state index in [0.29, 0.717) is 23.3 Å². The summed E-state index contributed by atoms with van der Waals surface area (Å²) in [5.41, 5.74) is 0.523. The topological polar surface area (TPSA) is 75.1 Å². The molecule has 6 heteroatoms. The van der Waals surface area contributed by atoms with Crippen LogP contribution in [0.1, 0.15) is 43.0 Å². The first kappa shape index (κ1) is 14.8. The van der Waals surface area contributed by atoms with Crippen LogP contribution in [0, 0.1) is 0 Å². The largest absolute Gasteiger partial charge is 0.476 e. The van der Waals surface area contributed by atoms with Crippen molar-refractivity contribution in [3.8, 4) is 0 Å². The third-order valence-corrected chi connectivity index (χ3v) is 3.48. The van der Waals surface area contributed by atoms with Gasteiger partial charge in [0.05, 0.1) is 11.9 Å². The molecule has 1 rings (SSSR count). The summed E-state index contributed by atoms with van der Waals surface area (Å²) in [5.74, 6) is -0.364. The van der Waals surface area contributed by atoms with Gasteiger partial charge < -0.3 is 10.4 Å². The summed E-state index contributed by atoms with van der Waals surface area (Å²) in [4.78, 5) is 19.5. The number of nitrogens with zero attached hydrogens (tertiary/aromatic N) is 2. The predicted octanol–water partition coefficient (Wildman–Crippen LogP) is 2.46. The molecule has 2 N–H and O–H groups in total. The Morgan fingerprint density at radius 3 is 2.67 bits per heavy atom. The van der Waals surface area contributed by atoms with Crippen molar-refractivity contribution in [3.63, 3.8) is 0 Å². The first-order valence-corrected chi connectivity index (χ1v) is 7.11. The van der Waals surface area contributed by atoms with Gasteiger partial charge >= 0.3 is 5.97 Å². The number of aromatic carboxylic acids is 1. The number of carbonyl (C=O) groups is 1. The Bertz CT molecular complexity index is 424. The molecule has 0 amide bonds. The molecule has 0 spiro atoms. The van der Waals surface area contributed by atoms with Crippen LogP contribution in [0.2, 0.25) is 0 Å². The maximum Gasteiger partial charge on any atom is 0.356 e. The second-order valence-corrected chi connectivity index (χ2v) is 5.65. The van der Waals surface area contributed by atoms with Crippen molar-refractivity contribution in [2.24, 2.45) is 0 Å². The van der Waals surface area contributed by atoms with Crippen LogP contribution >= 0.6 is 11.8 Å². The van der Waals surface area contributed by atoms with Gasteiger partial charge in [-0.2, -0.15) is 11.8 Å². The average molecular weight is 269 g/mol. The maximum atomic E-state index is 11.2. The predicted molar refractivity (Wildman–Crippen MR) is 74.5 cm³/mol. The summed E-state index contributed by atoms with van der Waals surface area (Å²) < 4.78 is 0. The summed E-state index contributed by atoms with van der Waals surface area (Å²) in [6.45, 7) is 6.63. The monoisotopic (exact) mass is 269 g/mol. The van der Waals surface area contributed by atoms with Crippen molar-refractivity contribution in [1.82, 2.24) is 9.97 Å². The number of rotatable bonds is 6. The van der Waals surface area contributed by atoms with Gasteiger partial charge in [-0.25, -0.2) is 14.8 Å². The van der Waals surface area contributed by atoms with Crippen molar-refractivity contribution in [3.05, 3.63) is 17.7 Å². The van der Waals surface area contributed by atoms with Crippen molar-refractivity contribution in [2.45, 2.75) is 31.9 Å². The smallest absolute Gasteiger partial charge is 0.356 e. The summed E-state index contributed by atoms with van der Waals surface area (Å²) in [6.07, 6.45) is 3.57. The lowest BCUT2D eigenvalue weighted by molar-refractivity contribution is 0.0691. The van der Waals surface area contributed by atoms with Gasteiger partial charge in [0.15, 0.2) is 5.69 Å². The first-order chi connectivity index (χ1) is 8.45. The van der Waals surface area contributed by atoms with Gasteiger partial charge in [0.2, 0.25) is 0 Å². The highest BCUT2D eigenvalue weighted by Gasteiger charge is 2.15. The zero-order valence-corrected chi connectivity index (χ0v) is 11.9. The van der Waals surface area contributed by atoms with E-state index in [9.17, 15) is 4.79 Å². The molecule has 0 aliphatic rings. The molecule has 1 heterocycles. The molecule has 0 saturated heterocycles. The Balaban J connectivity index is 2.93. The molecule has 0 aliphatic heterocycles. The van der Waals surface area contributed by atoms with Crippen LogP contribution in [0.25, 0.3) is 0 Å². The molecule has 1 aromatic heterocycles. The number of nitrogens with one attached hydrogen (secondary N) is 1. The van der Waals surface area contributed by atoms with Gasteiger partial charge in [0.25, 0.3) is 0 Å². The van der Waals surface area contributed by atoms with E-state index < -0.39 is 5.97 Å². The van der Waals surface area contributed by atoms with E-state index in [1.807, 2.05) is 20.1 Å². The number of hydrogen-bond donors (Lipinski definition) is 2. The van der Waals surface area contributed by atoms with Crippen LogP contribution in [-0.4, -0.2) is 39.1 Å². The van der Waals surface area contributed by atoms with Gasteiger partial charge in [-0.15, -0.1) is 0 Å². The second kappa shape index (κ2) is 6.58. The van der Waals surface area contributed by atoms with Crippen LogP contribution < -0.4 is 5.32 Å². The van der Waals surface area contributed by atoms with Gasteiger partial charge in [0, 0.05) is 17.7 Å². The molecule has 0 aliphatic carbocycles. The molecule has 100 valence electrons. The number of aromatic nitrogens is 2. The van der Waals surface area contributed by atoms with Crippen LogP contribution in [0.4, 0.5) is 5.69 Å². The van der Waals surface area contributed by atoms with Crippen LogP contribution in [0.15, 0.2) is 6.20 Å². The minimum Gasteiger partial charge on any atom is -0.476 e. The molecule has 0 saturated carbocycles. The lowest BCUT2D eigenvalue weighted by Crippen LogP contribution is -2.17. The summed E-state index contributed by atoms with van der Waals surface area (Å²) in [6, 6.07) is 0. The number of carboxylic acid groups (broad SMARTS) is 1. The van der Waals surface area contributed by atoms with Gasteiger partial charge in [-0.05, 0) is 6.26 Å². The Morgan fingerprint density at radius 1 is 1.50 bits per heavy atom. The van der Waals surface area contributed by atoms with Crippen molar-refractivity contribution < 1.29 is 9.90 Å². The Kier molecular flexibility index (Phi) is 5.40. The molecule has 18 heavy (non-hydrogen) atoms. The lowest BCUT2D eigenvalue weighted by Gasteiger charge is -2.13. The van der Waals surface area contributed by atoms with E-state index in [1.54, 1.807) is 18.0 Å². The van der Waals surface area contributed by atoms with E-state index in [0.717, 1.165) is 0 Å². The van der Waals surface area contributed by atoms with Crippen LogP contribution in [0.3, 0.4) is 0 Å². The van der Waals surface area contributed by atoms with Gasteiger partial charge in [-0.1, -0.05) is 20.8 Å². The minimum atomic E-state index is -1.03. The Hall–Kier alpha value is -1.30. The molecule has 1 aromatic rings. The number of carboxylic acids is 1. The van der Waals surface area contributed by atoms with Crippen molar-refractivity contribution in [2.75, 3.05) is 18.1 Å². The third-order valence-electron chi connectivity index (χ3n) is 2.51. The highest BCUT2D eigenvalue weighted by atomic mass is 32.2. The first-order valence-electron chi connectivity index (χ1n) is 5.82. The molecule has 1 unspecified atom stereocenters. The standard InChI is InChI=1S/C12H19N3O2S/c1-7(2)11-14-6-9(10(15-11)12(16)17)13-5-8(3)18-4/h6-8,13H,5H2,1-4H3,(H,16,17). The van der Waals surface area contributed by atoms with Crippen LogP contribution in [-0.2, 0) is 0 Å². The molecule has 1 atom stereocenters. The Labute approximate surface area is 111 Å². The molecule has 0 fully saturated rings. The van der Waals surface area contributed by atoms with Crippen molar-refractivity contribution in [1.29, 1.82) is 0 Å². The molecular weight excluding hydrogens is 250 g/mol. The van der Waals surface area contributed by atoms with E-state index in [2.05, 4.69) is 22.2 Å². The zero-order valence-electron chi connectivity index (χ0n) is 11.1. The Morgan fingerprint density at radius 2 is 2.17 bits per heavy atom. The SMILES string of the molecule is CSC(C)CNc1cnc(C(C)C)nc1C(=O)O. The fourth-order valence-electron chi connectivity index (χ4n) is 1.30. The minimum absolute atomic E-state index is 0.0435. The van der Waals surface area contributed by atoms with Gasteiger partial charge in [0.1, 0.15) is 5.82 Å². The quantitative estimate of drug-likeness (QED) is 0.826. The van der Waals surface area contributed by atoms with E-state index >= 15 is 0 Å². The molecule has 0 aromatic carbocycles. The number of anilines is 1. The second-order valence-electron chi connectivity index (χ2n) is 4.38. The van der Waals surface area contributed by atoms with Crippen molar-refractivity contribution >= 4 is 23.4 Å². The zero-order chi connectivity index (χ0) is 13.7. The summed E-state index contributed by atoms with van der Waals surface area (Å²) in [5, 5.41) is 12.6. The normalized spacial score (nSPS) is 12.5. The summed E-state index contributed by atoms with van der Waals surface area (Å²) in [7, 11) is 0. The summed E-state index contributed by atoms with van der Waals surface area (Å²) >= 11 is 1.72. The number of thioether (sulfide) groups is 1. The fourth-order valence-corrected chi connectivity index (χ4v) is 1.55.